The molecule has 0 N–H and O–H groups in total. The summed E-state index contributed by atoms with van der Waals surface area (Å²) in [5, 5.41) is 1.11. The first kappa shape index (κ1) is 19.3. The molecule has 27 heavy (non-hydrogen) atoms. The summed E-state index contributed by atoms with van der Waals surface area (Å²) < 4.78 is 6.04. The van der Waals surface area contributed by atoms with E-state index in [2.05, 4.69) is 31.8 Å². The standard InChI is InChI=1S/C21H24N2O3S/c1-7-26-20(25)15-11-14-17(24)13-10-12(21(2,3)4)8-9-16(13)27-19(14)22-18(15)23(5)6/h8-11H,7H2,1-6H3. The summed E-state index contributed by atoms with van der Waals surface area (Å²) in [6.07, 6.45) is 0. The molecule has 0 saturated carbocycles. The van der Waals surface area contributed by atoms with Crippen LogP contribution < -0.4 is 10.3 Å². The minimum atomic E-state index is -0.469. The fourth-order valence-corrected chi connectivity index (χ4v) is 3.94. The number of ether oxygens (including phenoxy) is 1. The van der Waals surface area contributed by atoms with E-state index in [-0.39, 0.29) is 17.5 Å². The van der Waals surface area contributed by atoms with Gasteiger partial charge in [0.1, 0.15) is 16.2 Å². The van der Waals surface area contributed by atoms with Gasteiger partial charge in [0.15, 0.2) is 5.43 Å². The van der Waals surface area contributed by atoms with Crippen molar-refractivity contribution in [2.75, 3.05) is 25.6 Å². The molecule has 2 aromatic heterocycles. The van der Waals surface area contributed by atoms with E-state index in [1.165, 1.54) is 11.3 Å². The van der Waals surface area contributed by atoms with Crippen molar-refractivity contribution >= 4 is 43.4 Å². The SMILES string of the molecule is CCOC(=O)c1cc2c(=O)c3cc(C(C)(C)C)ccc3sc2nc1N(C)C. The summed E-state index contributed by atoms with van der Waals surface area (Å²) in [5.74, 6) is 0.0331. The van der Waals surface area contributed by atoms with Crippen LogP contribution in [0, 0.1) is 0 Å². The second-order valence-corrected chi connectivity index (χ2v) is 8.75. The predicted molar refractivity (Wildman–Crippen MR) is 112 cm³/mol. The second kappa shape index (κ2) is 6.93. The number of hydrogen-bond acceptors (Lipinski definition) is 6. The molecular formula is C21H24N2O3S. The van der Waals surface area contributed by atoms with Crippen LogP contribution in [0.5, 0.6) is 0 Å². The van der Waals surface area contributed by atoms with Crippen LogP contribution in [0.15, 0.2) is 29.1 Å². The average Bonchev–Trinajstić information content (AvgIpc) is 2.60. The molecule has 5 nitrogen and oxygen atoms in total. The van der Waals surface area contributed by atoms with Gasteiger partial charge in [-0.15, -0.1) is 11.3 Å². The molecule has 3 aromatic rings. The van der Waals surface area contributed by atoms with Gasteiger partial charge in [-0.1, -0.05) is 26.8 Å². The molecule has 0 radical (unpaired) electrons. The number of fused-ring (bicyclic) bond motifs is 2. The van der Waals surface area contributed by atoms with Gasteiger partial charge >= 0.3 is 5.97 Å². The zero-order chi connectivity index (χ0) is 19.9. The number of anilines is 1. The van der Waals surface area contributed by atoms with Gasteiger partial charge in [-0.2, -0.15) is 0 Å². The number of aromatic nitrogens is 1. The molecule has 0 aliphatic rings. The summed E-state index contributed by atoms with van der Waals surface area (Å²) in [7, 11) is 3.63. The molecule has 0 aliphatic carbocycles. The maximum Gasteiger partial charge on any atom is 0.341 e. The number of carbonyl (C=O) groups is 1. The third kappa shape index (κ3) is 3.54. The van der Waals surface area contributed by atoms with Crippen molar-refractivity contribution in [3.8, 4) is 0 Å². The van der Waals surface area contributed by atoms with Crippen LogP contribution in [-0.4, -0.2) is 31.7 Å². The minimum Gasteiger partial charge on any atom is -0.462 e. The van der Waals surface area contributed by atoms with E-state index in [0.717, 1.165) is 10.3 Å². The smallest absolute Gasteiger partial charge is 0.341 e. The Morgan fingerprint density at radius 2 is 1.89 bits per heavy atom. The van der Waals surface area contributed by atoms with Crippen molar-refractivity contribution < 1.29 is 9.53 Å². The Kier molecular flexibility index (Phi) is 4.95. The number of benzene rings is 1. The number of esters is 1. The largest absolute Gasteiger partial charge is 0.462 e. The number of carbonyl (C=O) groups excluding carboxylic acids is 1. The van der Waals surface area contributed by atoms with Crippen LogP contribution in [0.4, 0.5) is 5.82 Å². The molecule has 0 amide bonds. The Bertz CT molecular complexity index is 1090. The Balaban J connectivity index is 2.35. The molecule has 6 heteroatoms. The topological polar surface area (TPSA) is 59.5 Å². The summed E-state index contributed by atoms with van der Waals surface area (Å²) in [4.78, 5) is 32.6. The van der Waals surface area contributed by atoms with Crippen LogP contribution in [-0.2, 0) is 10.2 Å². The van der Waals surface area contributed by atoms with Crippen LogP contribution in [0.25, 0.3) is 20.3 Å². The Hall–Kier alpha value is -2.47. The number of pyridine rings is 1. The molecule has 0 atom stereocenters. The fraction of sp³-hybridized carbons (Fsp3) is 0.381. The molecule has 0 aliphatic heterocycles. The van der Waals surface area contributed by atoms with Gasteiger partial charge < -0.3 is 9.64 Å². The monoisotopic (exact) mass is 384 g/mol. The zero-order valence-electron chi connectivity index (χ0n) is 16.5. The Labute approximate surface area is 162 Å². The molecule has 0 fully saturated rings. The van der Waals surface area contributed by atoms with Gasteiger partial charge in [0.25, 0.3) is 0 Å². The summed E-state index contributed by atoms with van der Waals surface area (Å²) in [6.45, 7) is 8.38. The van der Waals surface area contributed by atoms with Crippen LogP contribution >= 0.6 is 11.3 Å². The molecule has 142 valence electrons. The van der Waals surface area contributed by atoms with Crippen molar-refractivity contribution in [1.82, 2.24) is 4.98 Å². The maximum absolute atomic E-state index is 13.2. The second-order valence-electron chi connectivity index (χ2n) is 7.72. The summed E-state index contributed by atoms with van der Waals surface area (Å²) in [6, 6.07) is 7.62. The third-order valence-electron chi connectivity index (χ3n) is 4.43. The number of nitrogens with zero attached hydrogens (tertiary/aromatic N) is 2. The lowest BCUT2D eigenvalue weighted by atomic mass is 9.86. The first-order chi connectivity index (χ1) is 12.6. The van der Waals surface area contributed by atoms with Gasteiger partial charge in [0, 0.05) is 24.2 Å². The van der Waals surface area contributed by atoms with Gasteiger partial charge in [-0.3, -0.25) is 4.79 Å². The van der Waals surface area contributed by atoms with E-state index in [9.17, 15) is 9.59 Å². The van der Waals surface area contributed by atoms with Crippen LogP contribution in [0.1, 0.15) is 43.6 Å². The number of rotatable bonds is 3. The molecular weight excluding hydrogens is 360 g/mol. The van der Waals surface area contributed by atoms with Crippen molar-refractivity contribution in [3.05, 3.63) is 45.6 Å². The van der Waals surface area contributed by atoms with Gasteiger partial charge in [0.05, 0.1) is 12.0 Å². The van der Waals surface area contributed by atoms with E-state index in [1.54, 1.807) is 17.9 Å². The van der Waals surface area contributed by atoms with Gasteiger partial charge in [-0.25, -0.2) is 9.78 Å². The Morgan fingerprint density at radius 1 is 1.19 bits per heavy atom. The van der Waals surface area contributed by atoms with E-state index in [4.69, 9.17) is 4.74 Å². The van der Waals surface area contributed by atoms with E-state index in [1.807, 2.05) is 26.2 Å². The van der Waals surface area contributed by atoms with Gasteiger partial charge in [0.2, 0.25) is 0 Å². The minimum absolute atomic E-state index is 0.0522. The quantitative estimate of drug-likeness (QED) is 0.496. The van der Waals surface area contributed by atoms with E-state index < -0.39 is 5.97 Å². The first-order valence-electron chi connectivity index (χ1n) is 8.90. The van der Waals surface area contributed by atoms with Crippen molar-refractivity contribution in [3.63, 3.8) is 0 Å². The molecule has 3 rings (SSSR count). The number of hydrogen-bond donors (Lipinski definition) is 0. The van der Waals surface area contributed by atoms with Crippen molar-refractivity contribution in [2.24, 2.45) is 0 Å². The molecule has 0 spiro atoms. The predicted octanol–water partition coefficient (Wildman–Crippen LogP) is 4.35. The van der Waals surface area contributed by atoms with Crippen LogP contribution in [0.3, 0.4) is 0 Å². The summed E-state index contributed by atoms with van der Waals surface area (Å²) in [5.41, 5.74) is 1.25. The van der Waals surface area contributed by atoms with Crippen molar-refractivity contribution in [1.29, 1.82) is 0 Å². The molecule has 2 heterocycles. The highest BCUT2D eigenvalue weighted by Crippen LogP contribution is 2.31. The zero-order valence-corrected chi connectivity index (χ0v) is 17.4. The lowest BCUT2D eigenvalue weighted by Gasteiger charge is -2.19. The fourth-order valence-electron chi connectivity index (χ4n) is 2.94. The van der Waals surface area contributed by atoms with Gasteiger partial charge in [-0.05, 0) is 36.1 Å². The molecule has 1 aromatic carbocycles. The van der Waals surface area contributed by atoms with E-state index >= 15 is 0 Å². The van der Waals surface area contributed by atoms with Crippen LogP contribution in [0.2, 0.25) is 0 Å². The molecule has 0 unspecified atom stereocenters. The Morgan fingerprint density at radius 3 is 2.48 bits per heavy atom. The lowest BCUT2D eigenvalue weighted by Crippen LogP contribution is -2.18. The molecule has 0 saturated heterocycles. The normalized spacial score (nSPS) is 11.8. The lowest BCUT2D eigenvalue weighted by molar-refractivity contribution is 0.0527. The highest BCUT2D eigenvalue weighted by atomic mass is 32.1. The summed E-state index contributed by atoms with van der Waals surface area (Å²) >= 11 is 1.46. The molecule has 0 bridgehead atoms. The maximum atomic E-state index is 13.2. The first-order valence-corrected chi connectivity index (χ1v) is 9.71. The van der Waals surface area contributed by atoms with Crippen molar-refractivity contribution in [2.45, 2.75) is 33.1 Å². The highest BCUT2D eigenvalue weighted by molar-refractivity contribution is 7.24. The van der Waals surface area contributed by atoms with E-state index in [0.29, 0.717) is 27.0 Å². The average molecular weight is 385 g/mol. The highest BCUT2D eigenvalue weighted by Gasteiger charge is 2.20. The third-order valence-corrected chi connectivity index (χ3v) is 5.51.